The minimum Gasteiger partial charge on any atom is -0.477 e. The molecule has 5 rings (SSSR count). The third-order valence-corrected chi connectivity index (χ3v) is 8.39. The Morgan fingerprint density at radius 3 is 2.53 bits per heavy atom. The Hall–Kier alpha value is -3.14. The highest BCUT2D eigenvalue weighted by Crippen LogP contribution is 2.39. The maximum absolute atomic E-state index is 13.5. The number of aromatic nitrogens is 3. The summed E-state index contributed by atoms with van der Waals surface area (Å²) in [7, 11) is 0. The number of hydrogen-bond acceptors (Lipinski definition) is 5. The molecule has 2 saturated heterocycles. The number of fused-ring (bicyclic) bond motifs is 1. The highest BCUT2D eigenvalue weighted by atomic mass is 16.3. The minimum atomic E-state index is -0.614. The van der Waals surface area contributed by atoms with E-state index in [4.69, 9.17) is 0 Å². The molecule has 0 aromatic carbocycles. The quantitative estimate of drug-likeness (QED) is 0.378. The van der Waals surface area contributed by atoms with Crippen LogP contribution in [0, 0.1) is 5.92 Å². The topological polar surface area (TPSA) is 114 Å². The van der Waals surface area contributed by atoms with E-state index < -0.39 is 11.5 Å². The number of nitrogens with one attached hydrogen (secondary N) is 2. The van der Waals surface area contributed by atoms with Crippen LogP contribution in [0.25, 0.3) is 11.7 Å². The molecule has 1 saturated carbocycles. The van der Waals surface area contributed by atoms with E-state index in [-0.39, 0.29) is 34.8 Å². The largest absolute Gasteiger partial charge is 0.477 e. The lowest BCUT2D eigenvalue weighted by atomic mass is 9.84. The van der Waals surface area contributed by atoms with Gasteiger partial charge in [-0.3, -0.25) is 9.59 Å². The van der Waals surface area contributed by atoms with Crippen molar-refractivity contribution in [2.24, 2.45) is 5.92 Å². The first-order chi connectivity index (χ1) is 18.1. The van der Waals surface area contributed by atoms with E-state index in [1.165, 1.54) is 4.52 Å². The summed E-state index contributed by atoms with van der Waals surface area (Å²) >= 11 is 0. The summed E-state index contributed by atoms with van der Waals surface area (Å²) in [5, 5.41) is 16.9. The number of aromatic hydroxyl groups is 1. The third kappa shape index (κ3) is 4.86. The van der Waals surface area contributed by atoms with Gasteiger partial charge in [0.15, 0.2) is 0 Å². The average molecular weight is 526 g/mol. The monoisotopic (exact) mass is 525 g/mol. The highest BCUT2D eigenvalue weighted by molar-refractivity contribution is 5.96. The van der Waals surface area contributed by atoms with E-state index in [2.05, 4.69) is 29.2 Å². The maximum atomic E-state index is 13.5. The molecule has 38 heavy (non-hydrogen) atoms. The van der Waals surface area contributed by atoms with Crippen LogP contribution >= 0.6 is 0 Å². The molecule has 206 valence electrons. The molecule has 2 aromatic rings. The number of amides is 2. The van der Waals surface area contributed by atoms with E-state index in [9.17, 15) is 19.5 Å². The molecule has 3 N–H and O–H groups in total. The number of piperidine rings is 1. The van der Waals surface area contributed by atoms with Crippen LogP contribution in [0.2, 0.25) is 0 Å². The Labute approximate surface area is 223 Å². The molecular formula is C28H41N6O4+. The van der Waals surface area contributed by atoms with E-state index in [1.807, 2.05) is 18.7 Å². The molecule has 0 radical (unpaired) electrons. The van der Waals surface area contributed by atoms with Gasteiger partial charge in [0.2, 0.25) is 11.5 Å². The normalized spacial score (nSPS) is 20.0. The molecule has 4 heterocycles. The zero-order chi connectivity index (χ0) is 27.2. The average Bonchev–Trinajstić information content (AvgIpc) is 3.43. The van der Waals surface area contributed by atoms with Crippen molar-refractivity contribution in [3.05, 3.63) is 33.8 Å². The van der Waals surface area contributed by atoms with Crippen molar-refractivity contribution in [2.75, 3.05) is 19.6 Å². The van der Waals surface area contributed by atoms with Crippen LogP contribution in [0.15, 0.2) is 17.1 Å². The second kappa shape index (κ2) is 10.2. The minimum absolute atomic E-state index is 0.0257. The first-order valence-corrected chi connectivity index (χ1v) is 14.0. The van der Waals surface area contributed by atoms with Crippen LogP contribution in [-0.4, -0.2) is 73.6 Å². The van der Waals surface area contributed by atoms with Gasteiger partial charge in [0, 0.05) is 43.3 Å². The van der Waals surface area contributed by atoms with Gasteiger partial charge < -0.3 is 20.2 Å². The number of H-pyrrole nitrogens is 1. The zero-order valence-electron chi connectivity index (χ0n) is 23.0. The molecule has 3 aliphatic rings. The number of likely N-dealkylation sites (tertiary alicyclic amines) is 2. The van der Waals surface area contributed by atoms with Gasteiger partial charge in [-0.05, 0) is 64.4 Å². The predicted molar refractivity (Wildman–Crippen MR) is 144 cm³/mol. The molecule has 2 aromatic heterocycles. The Balaban J connectivity index is 1.45. The second-order valence-corrected chi connectivity index (χ2v) is 11.9. The summed E-state index contributed by atoms with van der Waals surface area (Å²) < 4.78 is 2.88. The first kappa shape index (κ1) is 26.5. The van der Waals surface area contributed by atoms with Crippen LogP contribution in [0.1, 0.15) is 82.1 Å². The van der Waals surface area contributed by atoms with E-state index in [0.717, 1.165) is 58.2 Å². The molecule has 2 aliphatic heterocycles. The van der Waals surface area contributed by atoms with Gasteiger partial charge in [0.25, 0.3) is 5.91 Å². The summed E-state index contributed by atoms with van der Waals surface area (Å²) in [5.74, 6) is -0.798. The van der Waals surface area contributed by atoms with Crippen LogP contribution < -0.4 is 15.4 Å². The van der Waals surface area contributed by atoms with E-state index in [0.29, 0.717) is 23.8 Å². The van der Waals surface area contributed by atoms with Crippen molar-refractivity contribution in [1.82, 2.24) is 24.7 Å². The van der Waals surface area contributed by atoms with Crippen LogP contribution in [0.4, 0.5) is 0 Å². The zero-order valence-corrected chi connectivity index (χ0v) is 23.0. The number of rotatable bonds is 7. The first-order valence-electron chi connectivity index (χ1n) is 14.0. The van der Waals surface area contributed by atoms with Crippen molar-refractivity contribution in [2.45, 2.75) is 90.4 Å². The molecule has 10 nitrogen and oxygen atoms in total. The summed E-state index contributed by atoms with van der Waals surface area (Å²) in [6.45, 7) is 11.6. The van der Waals surface area contributed by atoms with Gasteiger partial charge in [0.1, 0.15) is 0 Å². The Morgan fingerprint density at radius 2 is 1.89 bits per heavy atom. The molecule has 1 aliphatic carbocycles. The summed E-state index contributed by atoms with van der Waals surface area (Å²) in [6, 6.07) is 0.567. The van der Waals surface area contributed by atoms with Crippen molar-refractivity contribution >= 4 is 23.5 Å². The molecular weight excluding hydrogens is 484 g/mol. The summed E-state index contributed by atoms with van der Waals surface area (Å²) in [6.07, 6.45) is 10.7. The number of aromatic amines is 1. The third-order valence-electron chi connectivity index (χ3n) is 8.39. The fraction of sp³-hybridized carbons (Fsp3) is 0.643. The molecule has 10 heteroatoms. The highest BCUT2D eigenvalue weighted by Gasteiger charge is 2.45. The Kier molecular flexibility index (Phi) is 7.11. The van der Waals surface area contributed by atoms with Gasteiger partial charge in [-0.1, -0.05) is 18.4 Å². The van der Waals surface area contributed by atoms with Gasteiger partial charge in [-0.15, -0.1) is 0 Å². The predicted octanol–water partition coefficient (Wildman–Crippen LogP) is 2.05. The number of carbonyl (C=O) groups is 2. The SMILES string of the molecule is CC(C)C[n+]1c(O)c(C(=O)NC2CC2)c(=O)n2[nH]cc(/C=C/C(=O)N3CCCC34CCN(C(C)C)CC4)c21. The van der Waals surface area contributed by atoms with Gasteiger partial charge in [-0.2, -0.15) is 4.57 Å². The van der Waals surface area contributed by atoms with Crippen molar-refractivity contribution in [3.8, 4) is 5.88 Å². The standard InChI is InChI=1S/C28H40N6O4/c1-18(2)17-32-25-20(16-29-34(25)27(38)23(26(32)37)24(36)30-21-7-8-21)6-9-22(35)33-13-5-10-28(33)11-14-31(15-12-28)19(3)4/h6,9,16,18-19,21H,5,7-8,10-15,17H2,1-4H3,(H2,30,36,37,38)/p+1/b9-6+. The van der Waals surface area contributed by atoms with Gasteiger partial charge in [0.05, 0.1) is 18.3 Å². The van der Waals surface area contributed by atoms with Crippen molar-refractivity contribution < 1.29 is 19.3 Å². The lowest BCUT2D eigenvalue weighted by molar-refractivity contribution is -0.686. The Bertz CT molecular complexity index is 1310. The van der Waals surface area contributed by atoms with Gasteiger partial charge >= 0.3 is 17.1 Å². The van der Waals surface area contributed by atoms with Crippen molar-refractivity contribution in [1.29, 1.82) is 0 Å². The smallest absolute Gasteiger partial charge is 0.378 e. The fourth-order valence-corrected chi connectivity index (χ4v) is 6.12. The molecule has 3 fully saturated rings. The molecule has 1 spiro atoms. The maximum Gasteiger partial charge on any atom is 0.378 e. The number of nitrogens with zero attached hydrogens (tertiary/aromatic N) is 4. The molecule has 0 bridgehead atoms. The van der Waals surface area contributed by atoms with Crippen LogP contribution in [0.3, 0.4) is 0 Å². The molecule has 0 unspecified atom stereocenters. The van der Waals surface area contributed by atoms with Crippen molar-refractivity contribution in [3.63, 3.8) is 0 Å². The summed E-state index contributed by atoms with van der Waals surface area (Å²) in [5.41, 5.74) is 0.0641. The van der Waals surface area contributed by atoms with Gasteiger partial charge in [-0.25, -0.2) is 9.89 Å². The van der Waals surface area contributed by atoms with E-state index in [1.54, 1.807) is 22.9 Å². The lowest BCUT2D eigenvalue weighted by Crippen LogP contribution is -2.54. The summed E-state index contributed by atoms with van der Waals surface area (Å²) in [4.78, 5) is 44.0. The second-order valence-electron chi connectivity index (χ2n) is 11.9. The Morgan fingerprint density at radius 1 is 1.18 bits per heavy atom. The molecule has 2 amide bonds. The van der Waals surface area contributed by atoms with Crippen LogP contribution in [0.5, 0.6) is 5.88 Å². The number of carbonyl (C=O) groups excluding carboxylic acids is 2. The fourth-order valence-electron chi connectivity index (χ4n) is 6.12. The molecule has 0 atom stereocenters. The lowest BCUT2D eigenvalue weighted by Gasteiger charge is -2.45. The number of hydrogen-bond donors (Lipinski definition) is 3. The van der Waals surface area contributed by atoms with E-state index >= 15 is 0 Å². The van der Waals surface area contributed by atoms with Crippen LogP contribution in [-0.2, 0) is 11.3 Å².